The van der Waals surface area contributed by atoms with Crippen LogP contribution in [0.1, 0.15) is 11.3 Å². The lowest BCUT2D eigenvalue weighted by molar-refractivity contribution is 0.197. The highest BCUT2D eigenvalue weighted by Gasteiger charge is 1.99. The van der Waals surface area contributed by atoms with Crippen LogP contribution < -0.4 is 16.6 Å². The van der Waals surface area contributed by atoms with Crippen LogP contribution in [-0.4, -0.2) is 32.8 Å². The molecule has 1 heterocycles. The number of nitrogens with one attached hydrogen (secondary N) is 2. The Kier molecular flexibility index (Phi) is 7.99. The minimum atomic E-state index is 0.627. The number of ether oxygens (including phenoxy) is 1. The van der Waals surface area contributed by atoms with Gasteiger partial charge in [0.2, 0.25) is 5.96 Å². The lowest BCUT2D eigenvalue weighted by atomic mass is 10.3. The Morgan fingerprint density at radius 2 is 2.39 bits per heavy atom. The Morgan fingerprint density at radius 3 is 3.00 bits per heavy atom. The molecule has 0 atom stereocenters. The van der Waals surface area contributed by atoms with Crippen LogP contribution in [0.4, 0.5) is 0 Å². The number of hydrogen-bond acceptors (Lipinski definition) is 4. The Bertz CT molecular complexity index is 370. The first-order valence-corrected chi connectivity index (χ1v) is 7.35. The second-order valence-electron chi connectivity index (χ2n) is 3.60. The van der Waals surface area contributed by atoms with Crippen molar-refractivity contribution in [1.29, 1.82) is 0 Å². The lowest BCUT2D eigenvalue weighted by Crippen LogP contribution is -2.42. The van der Waals surface area contributed by atoms with E-state index in [2.05, 4.69) is 43.8 Å². The first-order chi connectivity index (χ1) is 8.76. The summed E-state index contributed by atoms with van der Waals surface area (Å²) in [6.45, 7) is 2.22. The number of rotatable bonds is 7. The van der Waals surface area contributed by atoms with Gasteiger partial charge in [-0.25, -0.2) is 5.84 Å². The van der Waals surface area contributed by atoms with Crippen LogP contribution in [0.2, 0.25) is 0 Å². The van der Waals surface area contributed by atoms with Gasteiger partial charge in [-0.05, 0) is 40.9 Å². The summed E-state index contributed by atoms with van der Waals surface area (Å²) in [6, 6.07) is 4.17. The molecule has 0 aromatic carbocycles. The number of nitrogens with zero attached hydrogens (tertiary/aromatic N) is 1. The largest absolute Gasteiger partial charge is 0.385 e. The number of halogens is 1. The number of thiophene rings is 1. The zero-order chi connectivity index (χ0) is 13.2. The van der Waals surface area contributed by atoms with E-state index >= 15 is 0 Å². The number of hydrazine groups is 1. The molecule has 0 saturated carbocycles. The van der Waals surface area contributed by atoms with Gasteiger partial charge in [0.1, 0.15) is 0 Å². The van der Waals surface area contributed by atoms with Crippen molar-refractivity contribution in [3.63, 3.8) is 0 Å². The van der Waals surface area contributed by atoms with Crippen molar-refractivity contribution in [3.8, 4) is 0 Å². The molecular weight excluding hydrogens is 316 g/mol. The van der Waals surface area contributed by atoms with Crippen LogP contribution in [0.15, 0.2) is 20.9 Å². The van der Waals surface area contributed by atoms with Crippen LogP contribution in [0, 0.1) is 0 Å². The van der Waals surface area contributed by atoms with Gasteiger partial charge in [-0.2, -0.15) is 0 Å². The van der Waals surface area contributed by atoms with Crippen molar-refractivity contribution in [2.75, 3.05) is 26.8 Å². The third kappa shape index (κ3) is 6.34. The van der Waals surface area contributed by atoms with Gasteiger partial charge < -0.3 is 10.1 Å². The summed E-state index contributed by atoms with van der Waals surface area (Å²) >= 11 is 5.19. The molecule has 0 unspecified atom stereocenters. The summed E-state index contributed by atoms with van der Waals surface area (Å²) in [4.78, 5) is 5.62. The number of methoxy groups -OCH3 is 1. The molecule has 0 aliphatic heterocycles. The third-order valence-electron chi connectivity index (χ3n) is 2.21. The number of nitrogens with two attached hydrogens (primary N) is 1. The Labute approximate surface area is 120 Å². The molecule has 102 valence electrons. The van der Waals surface area contributed by atoms with E-state index in [0.29, 0.717) is 19.1 Å². The maximum Gasteiger partial charge on any atom is 0.205 e. The molecule has 0 fully saturated rings. The third-order valence-corrected chi connectivity index (χ3v) is 3.89. The highest BCUT2D eigenvalue weighted by molar-refractivity contribution is 9.11. The Morgan fingerprint density at radius 1 is 1.56 bits per heavy atom. The van der Waals surface area contributed by atoms with Crippen molar-refractivity contribution >= 4 is 33.2 Å². The smallest absolute Gasteiger partial charge is 0.205 e. The predicted octanol–water partition coefficient (Wildman–Crippen LogP) is 1.50. The minimum absolute atomic E-state index is 0.627. The van der Waals surface area contributed by atoms with Crippen LogP contribution in [0.25, 0.3) is 0 Å². The molecule has 0 amide bonds. The maximum absolute atomic E-state index is 5.39. The minimum Gasteiger partial charge on any atom is -0.385 e. The lowest BCUT2D eigenvalue weighted by Gasteiger charge is -2.08. The van der Waals surface area contributed by atoms with Gasteiger partial charge in [0, 0.05) is 31.7 Å². The molecule has 4 N–H and O–H groups in total. The van der Waals surface area contributed by atoms with Gasteiger partial charge >= 0.3 is 0 Å². The second kappa shape index (κ2) is 9.32. The SMILES string of the molecule is COCCCN=C(NN)NCCc1ccc(Br)s1. The fraction of sp³-hybridized carbons (Fsp3) is 0.545. The van der Waals surface area contributed by atoms with E-state index in [0.717, 1.165) is 23.2 Å². The molecule has 0 radical (unpaired) electrons. The molecule has 0 spiro atoms. The van der Waals surface area contributed by atoms with Crippen LogP contribution in [-0.2, 0) is 11.2 Å². The zero-order valence-corrected chi connectivity index (χ0v) is 12.8. The Hall–Kier alpha value is -0.630. The first kappa shape index (κ1) is 15.4. The highest BCUT2D eigenvalue weighted by Crippen LogP contribution is 2.21. The number of aliphatic imine (C=N–C) groups is 1. The van der Waals surface area contributed by atoms with E-state index < -0.39 is 0 Å². The van der Waals surface area contributed by atoms with E-state index in [1.165, 1.54) is 4.88 Å². The van der Waals surface area contributed by atoms with E-state index in [1.807, 2.05) is 0 Å². The standard InChI is InChI=1S/C11H19BrN4OS/c1-17-8-2-6-14-11(16-13)15-7-5-9-3-4-10(12)18-9/h3-4H,2,5-8,13H2,1H3,(H2,14,15,16). The van der Waals surface area contributed by atoms with E-state index in [4.69, 9.17) is 10.6 Å². The summed E-state index contributed by atoms with van der Waals surface area (Å²) in [5.41, 5.74) is 2.56. The topological polar surface area (TPSA) is 71.7 Å². The Balaban J connectivity index is 2.22. The maximum atomic E-state index is 5.39. The summed E-state index contributed by atoms with van der Waals surface area (Å²) < 4.78 is 6.11. The molecule has 1 rings (SSSR count). The van der Waals surface area contributed by atoms with Crippen LogP contribution in [0.5, 0.6) is 0 Å². The number of guanidine groups is 1. The fourth-order valence-electron chi connectivity index (χ4n) is 1.34. The van der Waals surface area contributed by atoms with Gasteiger partial charge in [-0.1, -0.05) is 0 Å². The van der Waals surface area contributed by atoms with Gasteiger partial charge in [-0.15, -0.1) is 11.3 Å². The zero-order valence-electron chi connectivity index (χ0n) is 10.4. The molecule has 5 nitrogen and oxygen atoms in total. The van der Waals surface area contributed by atoms with E-state index in [9.17, 15) is 0 Å². The molecule has 0 aliphatic carbocycles. The average Bonchev–Trinajstić information content (AvgIpc) is 2.78. The molecule has 0 aliphatic rings. The van der Waals surface area contributed by atoms with Crippen molar-refractivity contribution < 1.29 is 4.74 Å². The molecule has 1 aromatic heterocycles. The molecule has 0 saturated heterocycles. The monoisotopic (exact) mass is 334 g/mol. The summed E-state index contributed by atoms with van der Waals surface area (Å²) in [7, 11) is 1.68. The average molecular weight is 335 g/mol. The molecular formula is C11H19BrN4OS. The van der Waals surface area contributed by atoms with Crippen molar-refractivity contribution in [3.05, 3.63) is 20.8 Å². The van der Waals surface area contributed by atoms with Crippen molar-refractivity contribution in [1.82, 2.24) is 10.7 Å². The van der Waals surface area contributed by atoms with Crippen molar-refractivity contribution in [2.24, 2.45) is 10.8 Å². The fourth-order valence-corrected chi connectivity index (χ4v) is 2.83. The summed E-state index contributed by atoms with van der Waals surface area (Å²) in [5, 5.41) is 3.17. The van der Waals surface area contributed by atoms with Crippen LogP contribution in [0.3, 0.4) is 0 Å². The van der Waals surface area contributed by atoms with Crippen LogP contribution >= 0.6 is 27.3 Å². The molecule has 0 bridgehead atoms. The predicted molar refractivity (Wildman–Crippen MR) is 79.8 cm³/mol. The molecule has 7 heteroatoms. The van der Waals surface area contributed by atoms with E-state index in [-0.39, 0.29) is 0 Å². The van der Waals surface area contributed by atoms with Gasteiger partial charge in [-0.3, -0.25) is 10.4 Å². The second-order valence-corrected chi connectivity index (χ2v) is 6.15. The van der Waals surface area contributed by atoms with Gasteiger partial charge in [0.25, 0.3) is 0 Å². The number of hydrogen-bond donors (Lipinski definition) is 3. The first-order valence-electron chi connectivity index (χ1n) is 5.74. The highest BCUT2D eigenvalue weighted by atomic mass is 79.9. The quantitative estimate of drug-likeness (QED) is 0.232. The molecule has 1 aromatic rings. The summed E-state index contributed by atoms with van der Waals surface area (Å²) in [6.07, 6.45) is 1.84. The molecule has 18 heavy (non-hydrogen) atoms. The normalized spacial score (nSPS) is 11.6. The summed E-state index contributed by atoms with van der Waals surface area (Å²) in [5.74, 6) is 6.02. The van der Waals surface area contributed by atoms with Gasteiger partial charge in [0.15, 0.2) is 0 Å². The van der Waals surface area contributed by atoms with Crippen molar-refractivity contribution in [2.45, 2.75) is 12.8 Å². The van der Waals surface area contributed by atoms with E-state index in [1.54, 1.807) is 18.4 Å². The van der Waals surface area contributed by atoms with Gasteiger partial charge in [0.05, 0.1) is 3.79 Å².